The molecular weight excluding hydrogens is 541 g/mol. The minimum absolute atomic E-state index is 0.0232. The molecule has 1 atom stereocenters. The van der Waals surface area contributed by atoms with Gasteiger partial charge < -0.3 is 10.2 Å². The molecule has 0 heterocycles. The molecule has 1 fully saturated rings. The Morgan fingerprint density at radius 3 is 2.10 bits per heavy atom. The Balaban J connectivity index is 1.68. The van der Waals surface area contributed by atoms with Gasteiger partial charge in [-0.25, -0.2) is 12.8 Å². The summed E-state index contributed by atoms with van der Waals surface area (Å²) >= 11 is 0. The number of nitrogens with one attached hydrogen (secondary N) is 1. The van der Waals surface area contributed by atoms with Gasteiger partial charge in [-0.15, -0.1) is 0 Å². The Kier molecular flexibility index (Phi) is 9.81. The second-order valence-corrected chi connectivity index (χ2v) is 12.7. The van der Waals surface area contributed by atoms with E-state index in [1.165, 1.54) is 23.1 Å². The van der Waals surface area contributed by atoms with Crippen molar-refractivity contribution in [3.63, 3.8) is 0 Å². The average molecular weight is 580 g/mol. The average Bonchev–Trinajstić information content (AvgIpc) is 2.96. The van der Waals surface area contributed by atoms with Crippen LogP contribution in [0.5, 0.6) is 0 Å². The first kappa shape index (κ1) is 30.2. The van der Waals surface area contributed by atoms with Crippen LogP contribution in [0.3, 0.4) is 0 Å². The second kappa shape index (κ2) is 13.3. The molecule has 1 saturated carbocycles. The number of halogens is 1. The number of carbonyl (C=O) groups excluding carboxylic acids is 2. The minimum atomic E-state index is -4.15. The van der Waals surface area contributed by atoms with E-state index < -0.39 is 34.3 Å². The van der Waals surface area contributed by atoms with Crippen molar-refractivity contribution in [1.82, 2.24) is 10.2 Å². The van der Waals surface area contributed by atoms with Crippen LogP contribution in [0.1, 0.15) is 55.7 Å². The van der Waals surface area contributed by atoms with E-state index in [0.717, 1.165) is 47.5 Å². The fourth-order valence-electron chi connectivity index (χ4n) is 5.04. The summed E-state index contributed by atoms with van der Waals surface area (Å²) in [5.74, 6) is -1.46. The summed E-state index contributed by atoms with van der Waals surface area (Å²) in [4.78, 5) is 28.7. The lowest BCUT2D eigenvalue weighted by Gasteiger charge is -2.33. The fraction of sp³-hybridized carbons (Fsp3) is 0.375. The van der Waals surface area contributed by atoms with Gasteiger partial charge >= 0.3 is 0 Å². The minimum Gasteiger partial charge on any atom is -0.352 e. The van der Waals surface area contributed by atoms with E-state index in [0.29, 0.717) is 5.69 Å². The molecule has 3 aromatic rings. The first-order valence-corrected chi connectivity index (χ1v) is 15.5. The number of hydrogen-bond donors (Lipinski definition) is 1. The van der Waals surface area contributed by atoms with Crippen molar-refractivity contribution in [3.05, 3.63) is 95.3 Å². The highest BCUT2D eigenvalue weighted by atomic mass is 32.2. The number of hydrogen-bond acceptors (Lipinski definition) is 4. The Morgan fingerprint density at radius 1 is 0.902 bits per heavy atom. The fourth-order valence-corrected chi connectivity index (χ4v) is 6.45. The summed E-state index contributed by atoms with van der Waals surface area (Å²) in [6.45, 7) is 4.60. The van der Waals surface area contributed by atoms with Crippen LogP contribution >= 0.6 is 0 Å². The van der Waals surface area contributed by atoms with Crippen molar-refractivity contribution in [2.24, 2.45) is 0 Å². The molecule has 0 radical (unpaired) electrons. The zero-order valence-electron chi connectivity index (χ0n) is 23.8. The smallest absolute Gasteiger partial charge is 0.264 e. The number of amides is 2. The lowest BCUT2D eigenvalue weighted by Crippen LogP contribution is -2.53. The molecule has 4 rings (SSSR count). The van der Waals surface area contributed by atoms with Crippen LogP contribution in [-0.2, 0) is 26.2 Å². The molecule has 2 amide bonds. The second-order valence-electron chi connectivity index (χ2n) is 10.8. The topological polar surface area (TPSA) is 86.8 Å². The third kappa shape index (κ3) is 7.52. The molecule has 0 bridgehead atoms. The largest absolute Gasteiger partial charge is 0.352 e. The molecule has 1 N–H and O–H groups in total. The first-order valence-electron chi connectivity index (χ1n) is 14.1. The van der Waals surface area contributed by atoms with Crippen LogP contribution in [0.15, 0.2) is 77.7 Å². The monoisotopic (exact) mass is 579 g/mol. The standard InChI is InChI=1S/C32H38FN3O4S/c1-23-13-17-28(18-14-23)36(41(39,40)29-19-15-24(2)16-20-29)22-31(37)35(21-26-9-7-8-12-30(26)33)25(3)32(38)34-27-10-5-4-6-11-27/h7-9,12-20,25,27H,4-6,10-11,21-22H2,1-3H3,(H,34,38)/t25-/m0/s1. The van der Waals surface area contributed by atoms with E-state index in [9.17, 15) is 22.4 Å². The lowest BCUT2D eigenvalue weighted by molar-refractivity contribution is -0.139. The molecule has 1 aliphatic carbocycles. The summed E-state index contributed by atoms with van der Waals surface area (Å²) in [5.41, 5.74) is 2.38. The predicted molar refractivity (Wildman–Crippen MR) is 158 cm³/mol. The van der Waals surface area contributed by atoms with E-state index >= 15 is 0 Å². The number of nitrogens with zero attached hydrogens (tertiary/aromatic N) is 2. The Morgan fingerprint density at radius 2 is 1.49 bits per heavy atom. The van der Waals surface area contributed by atoms with Crippen molar-refractivity contribution in [1.29, 1.82) is 0 Å². The van der Waals surface area contributed by atoms with Crippen molar-refractivity contribution in [2.45, 2.75) is 76.4 Å². The SMILES string of the molecule is Cc1ccc(N(CC(=O)N(Cc2ccccc2F)[C@@H](C)C(=O)NC2CCCCC2)S(=O)(=O)c2ccc(C)cc2)cc1. The van der Waals surface area contributed by atoms with Gasteiger partial charge in [-0.3, -0.25) is 13.9 Å². The first-order chi connectivity index (χ1) is 19.6. The molecule has 0 aliphatic heterocycles. The molecule has 3 aromatic carbocycles. The third-order valence-corrected chi connectivity index (χ3v) is 9.42. The van der Waals surface area contributed by atoms with Gasteiger partial charge in [0, 0.05) is 18.2 Å². The zero-order chi connectivity index (χ0) is 29.6. The Hall–Kier alpha value is -3.72. The van der Waals surface area contributed by atoms with Crippen LogP contribution in [-0.4, -0.2) is 43.8 Å². The molecule has 9 heteroatoms. The van der Waals surface area contributed by atoms with E-state index in [1.54, 1.807) is 61.5 Å². The van der Waals surface area contributed by atoms with Crippen molar-refractivity contribution >= 4 is 27.5 Å². The third-order valence-electron chi connectivity index (χ3n) is 7.63. The van der Waals surface area contributed by atoms with Crippen LogP contribution in [0.2, 0.25) is 0 Å². The number of carbonyl (C=O) groups is 2. The number of aryl methyl sites for hydroxylation is 2. The molecule has 41 heavy (non-hydrogen) atoms. The molecule has 0 unspecified atom stereocenters. The maximum atomic E-state index is 14.7. The number of rotatable bonds is 10. The number of anilines is 1. The quantitative estimate of drug-likeness (QED) is 0.344. The van der Waals surface area contributed by atoms with Crippen LogP contribution in [0.4, 0.5) is 10.1 Å². The van der Waals surface area contributed by atoms with Crippen molar-refractivity contribution in [3.8, 4) is 0 Å². The highest BCUT2D eigenvalue weighted by Gasteiger charge is 2.33. The van der Waals surface area contributed by atoms with E-state index in [2.05, 4.69) is 5.32 Å². The van der Waals surface area contributed by atoms with Crippen LogP contribution in [0.25, 0.3) is 0 Å². The molecule has 0 spiro atoms. The predicted octanol–water partition coefficient (Wildman–Crippen LogP) is 5.50. The highest BCUT2D eigenvalue weighted by molar-refractivity contribution is 7.92. The van der Waals surface area contributed by atoms with Gasteiger partial charge in [0.1, 0.15) is 18.4 Å². The summed E-state index contributed by atoms with van der Waals surface area (Å²) in [7, 11) is -4.15. The molecule has 0 saturated heterocycles. The molecular formula is C32H38FN3O4S. The lowest BCUT2D eigenvalue weighted by atomic mass is 9.95. The molecule has 218 valence electrons. The summed E-state index contributed by atoms with van der Waals surface area (Å²) < 4.78 is 43.5. The number of benzene rings is 3. The maximum absolute atomic E-state index is 14.7. The zero-order valence-corrected chi connectivity index (χ0v) is 24.7. The van der Waals surface area contributed by atoms with Gasteiger partial charge in [0.25, 0.3) is 10.0 Å². The van der Waals surface area contributed by atoms with Gasteiger partial charge in [0.2, 0.25) is 11.8 Å². The Bertz CT molecular complexity index is 1450. The van der Waals surface area contributed by atoms with Gasteiger partial charge in [-0.05, 0) is 63.9 Å². The normalized spacial score (nSPS) is 14.7. The summed E-state index contributed by atoms with van der Waals surface area (Å²) in [6.07, 6.45) is 4.93. The summed E-state index contributed by atoms with van der Waals surface area (Å²) in [5, 5.41) is 3.05. The molecule has 7 nitrogen and oxygen atoms in total. The van der Waals surface area contributed by atoms with Crippen LogP contribution < -0.4 is 9.62 Å². The van der Waals surface area contributed by atoms with E-state index in [4.69, 9.17) is 0 Å². The molecule has 1 aliphatic rings. The summed E-state index contributed by atoms with van der Waals surface area (Å²) in [6, 6.07) is 18.4. The molecule has 0 aromatic heterocycles. The Labute approximate surface area is 242 Å². The highest BCUT2D eigenvalue weighted by Crippen LogP contribution is 2.26. The van der Waals surface area contributed by atoms with Crippen LogP contribution in [0, 0.1) is 19.7 Å². The number of sulfonamides is 1. The van der Waals surface area contributed by atoms with Gasteiger partial charge in [-0.1, -0.05) is 72.9 Å². The van der Waals surface area contributed by atoms with Crippen molar-refractivity contribution in [2.75, 3.05) is 10.8 Å². The van der Waals surface area contributed by atoms with Gasteiger partial charge in [-0.2, -0.15) is 0 Å². The maximum Gasteiger partial charge on any atom is 0.264 e. The van der Waals surface area contributed by atoms with E-state index in [-0.39, 0.29) is 29.0 Å². The van der Waals surface area contributed by atoms with Crippen molar-refractivity contribution < 1.29 is 22.4 Å². The van der Waals surface area contributed by atoms with E-state index in [1.807, 2.05) is 13.8 Å². The van der Waals surface area contributed by atoms with Gasteiger partial charge in [0.05, 0.1) is 10.6 Å². The van der Waals surface area contributed by atoms with Gasteiger partial charge in [0.15, 0.2) is 0 Å².